The molecule has 1 aliphatic heterocycles. The summed E-state index contributed by atoms with van der Waals surface area (Å²) in [7, 11) is 2.24. The second-order valence-electron chi connectivity index (χ2n) is 7.46. The van der Waals surface area contributed by atoms with Crippen molar-refractivity contribution in [2.24, 2.45) is 11.8 Å². The molecular weight excluding hydrogens is 308 g/mol. The maximum Gasteiger partial charge on any atom is 0.224 e. The van der Waals surface area contributed by atoms with Crippen LogP contribution in [-0.2, 0) is 0 Å². The summed E-state index contributed by atoms with van der Waals surface area (Å²) in [6.07, 6.45) is 10.8. The van der Waals surface area contributed by atoms with Crippen LogP contribution in [0.4, 0.5) is 0 Å². The molecule has 2 atom stereocenters. The molecule has 3 heterocycles. The van der Waals surface area contributed by atoms with Crippen molar-refractivity contribution in [1.82, 2.24) is 19.4 Å². The van der Waals surface area contributed by atoms with Crippen molar-refractivity contribution >= 4 is 22.6 Å². The van der Waals surface area contributed by atoms with Gasteiger partial charge in [0.15, 0.2) is 0 Å². The molecule has 0 N–H and O–H groups in total. The van der Waals surface area contributed by atoms with Crippen LogP contribution < -0.4 is 0 Å². The molecule has 0 spiro atoms. The third kappa shape index (κ3) is 2.87. The predicted molar refractivity (Wildman–Crippen MR) is 93.9 cm³/mol. The average molecular weight is 333 g/mol. The average Bonchev–Trinajstić information content (AvgIpc) is 3.13. The van der Waals surface area contributed by atoms with Gasteiger partial charge in [0.2, 0.25) is 5.28 Å². The zero-order chi connectivity index (χ0) is 16.0. The van der Waals surface area contributed by atoms with Gasteiger partial charge in [-0.3, -0.25) is 0 Å². The lowest BCUT2D eigenvalue weighted by molar-refractivity contribution is 0.170. The first-order valence-electron chi connectivity index (χ1n) is 8.80. The number of aromatic nitrogens is 3. The van der Waals surface area contributed by atoms with Crippen molar-refractivity contribution in [2.75, 3.05) is 20.1 Å². The highest BCUT2D eigenvalue weighted by molar-refractivity contribution is 6.28. The number of aryl methyl sites for hydroxylation is 1. The SMILES string of the molecule is Cc1cn(C2CCC(C3CCN(C)CC3)C2)c2nc(Cl)ncc12. The summed E-state index contributed by atoms with van der Waals surface area (Å²) < 4.78 is 2.37. The van der Waals surface area contributed by atoms with Crippen LogP contribution in [0.5, 0.6) is 0 Å². The molecular formula is C18H25ClN4. The van der Waals surface area contributed by atoms with E-state index in [-0.39, 0.29) is 0 Å². The minimum absolute atomic E-state index is 0.349. The molecule has 2 unspecified atom stereocenters. The third-order valence-electron chi connectivity index (χ3n) is 6.01. The smallest absolute Gasteiger partial charge is 0.224 e. The van der Waals surface area contributed by atoms with E-state index in [9.17, 15) is 0 Å². The van der Waals surface area contributed by atoms with Crippen LogP contribution in [0, 0.1) is 18.8 Å². The highest BCUT2D eigenvalue weighted by Gasteiger charge is 2.33. The van der Waals surface area contributed by atoms with E-state index in [1.165, 1.54) is 50.8 Å². The lowest BCUT2D eigenvalue weighted by atomic mass is 9.83. The maximum atomic E-state index is 6.03. The van der Waals surface area contributed by atoms with Gasteiger partial charge in [-0.05, 0) is 88.2 Å². The van der Waals surface area contributed by atoms with Crippen LogP contribution in [0.1, 0.15) is 43.7 Å². The van der Waals surface area contributed by atoms with Crippen molar-refractivity contribution in [1.29, 1.82) is 0 Å². The number of rotatable bonds is 2. The number of halogens is 1. The molecule has 0 bridgehead atoms. The molecule has 1 aliphatic carbocycles. The molecule has 0 aromatic carbocycles. The second kappa shape index (κ2) is 6.06. The van der Waals surface area contributed by atoms with Crippen LogP contribution in [0.15, 0.2) is 12.4 Å². The number of hydrogen-bond donors (Lipinski definition) is 0. The van der Waals surface area contributed by atoms with Crippen molar-refractivity contribution in [2.45, 2.75) is 45.1 Å². The zero-order valence-electron chi connectivity index (χ0n) is 14.0. The van der Waals surface area contributed by atoms with Crippen LogP contribution >= 0.6 is 11.6 Å². The Hall–Kier alpha value is -1.13. The quantitative estimate of drug-likeness (QED) is 0.777. The molecule has 0 radical (unpaired) electrons. The Morgan fingerprint density at radius 2 is 1.91 bits per heavy atom. The molecule has 2 aromatic heterocycles. The molecule has 1 saturated carbocycles. The fraction of sp³-hybridized carbons (Fsp3) is 0.667. The highest BCUT2D eigenvalue weighted by atomic mass is 35.5. The first kappa shape index (κ1) is 15.4. The minimum Gasteiger partial charge on any atom is -0.329 e. The molecule has 124 valence electrons. The first-order chi connectivity index (χ1) is 11.1. The Balaban J connectivity index is 1.55. The van der Waals surface area contributed by atoms with Gasteiger partial charge in [0.05, 0.1) is 0 Å². The van der Waals surface area contributed by atoms with E-state index in [1.807, 2.05) is 6.20 Å². The monoisotopic (exact) mass is 332 g/mol. The van der Waals surface area contributed by atoms with E-state index in [1.54, 1.807) is 0 Å². The zero-order valence-corrected chi connectivity index (χ0v) is 14.8. The van der Waals surface area contributed by atoms with Crippen molar-refractivity contribution in [3.05, 3.63) is 23.2 Å². The maximum absolute atomic E-state index is 6.03. The lowest BCUT2D eigenvalue weighted by Crippen LogP contribution is -2.32. The van der Waals surface area contributed by atoms with E-state index in [4.69, 9.17) is 11.6 Å². The van der Waals surface area contributed by atoms with Gasteiger partial charge in [0, 0.05) is 23.8 Å². The standard InChI is InChI=1S/C18H25ClN4/c1-12-11-23(17-16(12)10-20-18(19)21-17)15-4-3-14(9-15)13-5-7-22(2)8-6-13/h10-11,13-15H,3-9H2,1-2H3. The van der Waals surface area contributed by atoms with Gasteiger partial charge in [-0.25, -0.2) is 4.98 Å². The summed E-state index contributed by atoms with van der Waals surface area (Å²) in [4.78, 5) is 11.1. The molecule has 23 heavy (non-hydrogen) atoms. The van der Waals surface area contributed by atoms with Crippen LogP contribution in [0.25, 0.3) is 11.0 Å². The number of piperidine rings is 1. The summed E-state index contributed by atoms with van der Waals surface area (Å²) in [5.41, 5.74) is 2.26. The summed E-state index contributed by atoms with van der Waals surface area (Å²) in [5, 5.41) is 1.49. The molecule has 5 heteroatoms. The fourth-order valence-electron chi connectivity index (χ4n) is 4.62. The van der Waals surface area contributed by atoms with Gasteiger partial charge in [-0.2, -0.15) is 4.98 Å². The van der Waals surface area contributed by atoms with Gasteiger partial charge >= 0.3 is 0 Å². The van der Waals surface area contributed by atoms with E-state index < -0.39 is 0 Å². The van der Waals surface area contributed by atoms with Gasteiger partial charge < -0.3 is 9.47 Å². The number of likely N-dealkylation sites (tertiary alicyclic amines) is 1. The third-order valence-corrected chi connectivity index (χ3v) is 6.19. The minimum atomic E-state index is 0.349. The predicted octanol–water partition coefficient (Wildman–Crippen LogP) is 4.08. The normalized spacial score (nSPS) is 27.1. The Kier molecular flexibility index (Phi) is 4.06. The summed E-state index contributed by atoms with van der Waals surface area (Å²) >= 11 is 6.03. The highest BCUT2D eigenvalue weighted by Crippen LogP contribution is 2.43. The van der Waals surface area contributed by atoms with Gasteiger partial charge in [-0.1, -0.05) is 0 Å². The molecule has 4 rings (SSSR count). The topological polar surface area (TPSA) is 34.0 Å². The van der Waals surface area contributed by atoms with E-state index in [0.717, 1.165) is 22.9 Å². The van der Waals surface area contributed by atoms with Gasteiger partial charge in [-0.15, -0.1) is 0 Å². The Morgan fingerprint density at radius 1 is 1.13 bits per heavy atom. The van der Waals surface area contributed by atoms with Crippen molar-refractivity contribution < 1.29 is 0 Å². The molecule has 0 amide bonds. The number of nitrogens with zero attached hydrogens (tertiary/aromatic N) is 4. The number of fused-ring (bicyclic) bond motifs is 1. The largest absolute Gasteiger partial charge is 0.329 e. The fourth-order valence-corrected chi connectivity index (χ4v) is 4.75. The molecule has 2 fully saturated rings. The molecule has 4 nitrogen and oxygen atoms in total. The Bertz CT molecular complexity index is 702. The lowest BCUT2D eigenvalue weighted by Gasteiger charge is -2.32. The second-order valence-corrected chi connectivity index (χ2v) is 7.80. The Labute approximate surface area is 142 Å². The van der Waals surface area contributed by atoms with Crippen molar-refractivity contribution in [3.8, 4) is 0 Å². The molecule has 2 aromatic rings. The van der Waals surface area contributed by atoms with Crippen LogP contribution in [-0.4, -0.2) is 39.6 Å². The summed E-state index contributed by atoms with van der Waals surface area (Å²) in [6.45, 7) is 4.67. The van der Waals surface area contributed by atoms with Gasteiger partial charge in [0.1, 0.15) is 5.65 Å². The van der Waals surface area contributed by atoms with Crippen molar-refractivity contribution in [3.63, 3.8) is 0 Å². The van der Waals surface area contributed by atoms with Crippen LogP contribution in [0.2, 0.25) is 5.28 Å². The molecule has 2 aliphatic rings. The van der Waals surface area contributed by atoms with Gasteiger partial charge in [0.25, 0.3) is 0 Å². The first-order valence-corrected chi connectivity index (χ1v) is 9.18. The summed E-state index contributed by atoms with van der Waals surface area (Å²) in [6, 6.07) is 0.571. The van der Waals surface area contributed by atoms with E-state index in [2.05, 4.69) is 39.6 Å². The van der Waals surface area contributed by atoms with Crippen LogP contribution in [0.3, 0.4) is 0 Å². The molecule has 1 saturated heterocycles. The van der Waals surface area contributed by atoms with E-state index >= 15 is 0 Å². The Morgan fingerprint density at radius 3 is 2.70 bits per heavy atom. The number of hydrogen-bond acceptors (Lipinski definition) is 3. The summed E-state index contributed by atoms with van der Waals surface area (Å²) in [5.74, 6) is 1.79. The van der Waals surface area contributed by atoms with E-state index in [0.29, 0.717) is 11.3 Å².